The molecule has 0 amide bonds. The topological polar surface area (TPSA) is 100 Å². The van der Waals surface area contributed by atoms with Gasteiger partial charge in [0.2, 0.25) is 0 Å². The Morgan fingerprint density at radius 2 is 0.667 bits per heavy atom. The van der Waals surface area contributed by atoms with Crippen LogP contribution in [0.5, 0.6) is 0 Å². The lowest BCUT2D eigenvalue weighted by Crippen LogP contribution is -2.11. The van der Waals surface area contributed by atoms with Crippen LogP contribution in [-0.4, -0.2) is 19.9 Å². The minimum Gasteiger partial charge on any atom is -0.339 e. The highest BCUT2D eigenvalue weighted by molar-refractivity contribution is 6.44. The highest BCUT2D eigenvalue weighted by Gasteiger charge is 2.21. The Hall–Kier alpha value is -3.37. The lowest BCUT2D eigenvalue weighted by atomic mass is 10.1. The molecule has 7 nitrogen and oxygen atoms in total. The van der Waals surface area contributed by atoms with E-state index in [0.717, 1.165) is 0 Å². The smallest absolute Gasteiger partial charge is 0.143 e. The number of hydrogen-bond donors (Lipinski definition) is 4. The third-order valence-corrected chi connectivity index (χ3v) is 10.8. The van der Waals surface area contributed by atoms with Gasteiger partial charge < -0.3 is 19.9 Å². The molecule has 236 valence electrons. The molecule has 0 saturated carbocycles. The standard InChI is InChI=1S/C33H13Cl8N7/c34-10-1-3-12(36)22-20(10)18-9-19-21-11(35)2-4-13(37)23(21)29(43-19)45-31-25-15(39)6-8-17(41)27(25)33(47-31)48-32-26-16(40)7-5-14(38)24(26)30(46-32)44-28(22)42-18/h1-9H,(H4,42,43,44,45,46,47,48). The van der Waals surface area contributed by atoms with Crippen molar-refractivity contribution in [3.05, 3.63) is 116 Å². The van der Waals surface area contributed by atoms with Crippen LogP contribution in [0.25, 0.3) is 49.2 Å². The van der Waals surface area contributed by atoms with Gasteiger partial charge in [0.1, 0.15) is 33.9 Å². The summed E-state index contributed by atoms with van der Waals surface area (Å²) in [6.07, 6.45) is 1.86. The van der Waals surface area contributed by atoms with Gasteiger partial charge in [0.25, 0.3) is 0 Å². The van der Waals surface area contributed by atoms with Crippen molar-refractivity contribution in [2.24, 2.45) is 15.0 Å². The lowest BCUT2D eigenvalue weighted by molar-refractivity contribution is 1.10. The molecule has 9 rings (SSSR count). The fourth-order valence-corrected chi connectivity index (χ4v) is 8.30. The Balaban J connectivity index is 1.58. The second kappa shape index (κ2) is 11.1. The van der Waals surface area contributed by atoms with Crippen molar-refractivity contribution in [2.45, 2.75) is 0 Å². The average Bonchev–Trinajstić information content (AvgIpc) is 3.80. The summed E-state index contributed by atoms with van der Waals surface area (Å²) in [4.78, 5) is 28.4. The summed E-state index contributed by atoms with van der Waals surface area (Å²) in [6, 6.07) is 13.6. The molecular formula is C33H13Cl8N7. The van der Waals surface area contributed by atoms with E-state index in [1.165, 1.54) is 0 Å². The van der Waals surface area contributed by atoms with Crippen molar-refractivity contribution in [1.29, 1.82) is 0 Å². The zero-order valence-electron chi connectivity index (χ0n) is 23.6. The van der Waals surface area contributed by atoms with Gasteiger partial charge in [-0.3, -0.25) is 0 Å². The van der Waals surface area contributed by atoms with E-state index in [-0.39, 0.29) is 0 Å². The summed E-state index contributed by atoms with van der Waals surface area (Å²) in [7, 11) is 0. The fraction of sp³-hybridized carbons (Fsp3) is 0. The van der Waals surface area contributed by atoms with Gasteiger partial charge in [-0.05, 0) is 54.6 Å². The molecule has 8 bridgehead atoms. The minimum absolute atomic E-state index is 0.364. The first kappa shape index (κ1) is 30.7. The molecule has 1 aliphatic rings. The van der Waals surface area contributed by atoms with E-state index in [2.05, 4.69) is 19.9 Å². The fourth-order valence-electron chi connectivity index (χ4n) is 6.30. The van der Waals surface area contributed by atoms with E-state index in [1.807, 2.05) is 6.08 Å². The predicted molar refractivity (Wildman–Crippen MR) is 199 cm³/mol. The molecule has 0 fully saturated rings. The molecule has 0 atom stereocenters. The number of fused-ring (bicyclic) bond motifs is 20. The molecule has 0 unspecified atom stereocenters. The molecule has 5 heterocycles. The molecule has 0 radical (unpaired) electrons. The summed E-state index contributed by atoms with van der Waals surface area (Å²) in [5.41, 5.74) is 1.75. The van der Waals surface area contributed by atoms with Crippen LogP contribution in [0.4, 0.5) is 17.5 Å². The number of benzene rings is 4. The first-order valence-corrected chi connectivity index (χ1v) is 17.1. The SMILES string of the molecule is Clc1ccc(Cl)c2c3[nH]c(c12)C=c1[nH]c(c2c(Cl)ccc(Cl)c12)=Nc1[nH]c(c2c(Cl)ccc(Cl)c12)N=c1[nH]c(c2c(Cl)ccc(Cl)c12)=N3. The Bertz CT molecular complexity index is 2610. The van der Waals surface area contributed by atoms with Crippen LogP contribution >= 0.6 is 92.8 Å². The second-order valence-electron chi connectivity index (χ2n) is 11.0. The van der Waals surface area contributed by atoms with E-state index >= 15 is 0 Å². The highest BCUT2D eigenvalue weighted by atomic mass is 35.5. The summed E-state index contributed by atoms with van der Waals surface area (Å²) < 4.78 is 0. The lowest BCUT2D eigenvalue weighted by Gasteiger charge is -2.00. The molecule has 4 aromatic carbocycles. The van der Waals surface area contributed by atoms with Gasteiger partial charge in [0, 0.05) is 43.1 Å². The largest absolute Gasteiger partial charge is 0.339 e. The Kier molecular flexibility index (Phi) is 7.07. The zero-order chi connectivity index (χ0) is 33.2. The molecule has 0 saturated heterocycles. The average molecular weight is 791 g/mol. The van der Waals surface area contributed by atoms with Gasteiger partial charge >= 0.3 is 0 Å². The van der Waals surface area contributed by atoms with Crippen molar-refractivity contribution in [3.63, 3.8) is 0 Å². The molecule has 1 aliphatic heterocycles. The Morgan fingerprint density at radius 3 is 1.15 bits per heavy atom. The van der Waals surface area contributed by atoms with Gasteiger partial charge in [-0.25, -0.2) is 15.0 Å². The first-order chi connectivity index (χ1) is 23.1. The molecule has 0 aliphatic carbocycles. The number of rotatable bonds is 0. The van der Waals surface area contributed by atoms with Crippen LogP contribution in [0.2, 0.25) is 40.2 Å². The summed E-state index contributed by atoms with van der Waals surface area (Å²) in [6.45, 7) is 0. The number of hydrogen-bond acceptors (Lipinski definition) is 3. The minimum atomic E-state index is 0.364. The van der Waals surface area contributed by atoms with E-state index in [1.54, 1.807) is 48.5 Å². The van der Waals surface area contributed by atoms with Crippen molar-refractivity contribution in [2.75, 3.05) is 0 Å². The van der Waals surface area contributed by atoms with Gasteiger partial charge in [-0.15, -0.1) is 0 Å². The first-order valence-electron chi connectivity index (χ1n) is 14.1. The van der Waals surface area contributed by atoms with Crippen LogP contribution < -0.4 is 21.8 Å². The monoisotopic (exact) mass is 787 g/mol. The van der Waals surface area contributed by atoms with E-state index < -0.39 is 0 Å². The maximum absolute atomic E-state index is 6.83. The van der Waals surface area contributed by atoms with Crippen molar-refractivity contribution < 1.29 is 0 Å². The van der Waals surface area contributed by atoms with E-state index in [4.69, 9.17) is 108 Å². The molecule has 15 heteroatoms. The molecule has 4 N–H and O–H groups in total. The van der Waals surface area contributed by atoms with Crippen LogP contribution in [0.1, 0.15) is 5.69 Å². The molecule has 48 heavy (non-hydrogen) atoms. The normalized spacial score (nSPS) is 12.8. The predicted octanol–water partition coefficient (Wildman–Crippen LogP) is 10.8. The number of aromatic nitrogens is 4. The quantitative estimate of drug-likeness (QED) is 0.118. The zero-order valence-corrected chi connectivity index (χ0v) is 29.6. The van der Waals surface area contributed by atoms with Crippen molar-refractivity contribution in [1.82, 2.24) is 19.9 Å². The van der Waals surface area contributed by atoms with Crippen LogP contribution in [-0.2, 0) is 0 Å². The third kappa shape index (κ3) is 4.47. The van der Waals surface area contributed by atoms with Gasteiger partial charge in [0.05, 0.1) is 51.2 Å². The number of nitrogens with zero attached hydrogens (tertiary/aromatic N) is 3. The number of nitrogens with one attached hydrogen (secondary N) is 4. The highest BCUT2D eigenvalue weighted by Crippen LogP contribution is 2.43. The van der Waals surface area contributed by atoms with E-state index in [0.29, 0.717) is 128 Å². The van der Waals surface area contributed by atoms with Gasteiger partial charge in [0.15, 0.2) is 0 Å². The summed E-state index contributed by atoms with van der Waals surface area (Å²) in [5, 5.41) is 8.58. The number of aromatic amines is 4. The number of halogens is 8. The molecular weight excluding hydrogens is 778 g/mol. The third-order valence-electron chi connectivity index (χ3n) is 8.31. The van der Waals surface area contributed by atoms with Gasteiger partial charge in [-0.1, -0.05) is 92.8 Å². The Morgan fingerprint density at radius 1 is 0.333 bits per heavy atom. The Labute approximate surface area is 308 Å². The van der Waals surface area contributed by atoms with Crippen LogP contribution in [0.15, 0.2) is 63.5 Å². The molecule has 0 spiro atoms. The van der Waals surface area contributed by atoms with Gasteiger partial charge in [-0.2, -0.15) is 0 Å². The maximum atomic E-state index is 6.83. The van der Waals surface area contributed by atoms with Crippen molar-refractivity contribution in [3.8, 4) is 0 Å². The maximum Gasteiger partial charge on any atom is 0.143 e. The molecule has 8 aromatic rings. The van der Waals surface area contributed by atoms with Crippen LogP contribution in [0, 0.1) is 0 Å². The van der Waals surface area contributed by atoms with Crippen LogP contribution in [0.3, 0.4) is 0 Å². The van der Waals surface area contributed by atoms with E-state index in [9.17, 15) is 0 Å². The van der Waals surface area contributed by atoms with Crippen molar-refractivity contribution >= 4 is 159 Å². The second-order valence-corrected chi connectivity index (χ2v) is 14.3. The summed E-state index contributed by atoms with van der Waals surface area (Å²) in [5.74, 6) is 1.15. The molecule has 4 aromatic heterocycles. The number of H-pyrrole nitrogens is 4. The summed E-state index contributed by atoms with van der Waals surface area (Å²) >= 11 is 54.5.